The predicted molar refractivity (Wildman–Crippen MR) is 78.5 cm³/mol. The summed E-state index contributed by atoms with van der Waals surface area (Å²) in [5.41, 5.74) is 1.26. The van der Waals surface area contributed by atoms with E-state index in [2.05, 4.69) is 15.9 Å². The summed E-state index contributed by atoms with van der Waals surface area (Å²) in [6.07, 6.45) is -4.40. The summed E-state index contributed by atoms with van der Waals surface area (Å²) >= 11 is 3.34. The van der Waals surface area contributed by atoms with Gasteiger partial charge in [-0.05, 0) is 43.2 Å². The Kier molecular flexibility index (Phi) is 4.23. The minimum Gasteiger partial charge on any atom is -0.289 e. The predicted octanol–water partition coefficient (Wildman–Crippen LogP) is 5.32. The van der Waals surface area contributed by atoms with E-state index in [0.717, 1.165) is 22.2 Å². The Bertz CT molecular complexity index is 705. The van der Waals surface area contributed by atoms with E-state index in [4.69, 9.17) is 0 Å². The molecular formula is C16H12BrF3O. The van der Waals surface area contributed by atoms with Gasteiger partial charge in [-0.3, -0.25) is 4.79 Å². The number of alkyl halides is 3. The van der Waals surface area contributed by atoms with Crippen molar-refractivity contribution in [3.63, 3.8) is 0 Å². The van der Waals surface area contributed by atoms with Crippen molar-refractivity contribution < 1.29 is 18.0 Å². The van der Waals surface area contributed by atoms with Gasteiger partial charge in [0.2, 0.25) is 0 Å². The Hall–Kier alpha value is -1.62. The van der Waals surface area contributed by atoms with Crippen LogP contribution in [0.4, 0.5) is 13.2 Å². The van der Waals surface area contributed by atoms with E-state index in [0.29, 0.717) is 11.1 Å². The monoisotopic (exact) mass is 356 g/mol. The van der Waals surface area contributed by atoms with Crippen LogP contribution >= 0.6 is 15.9 Å². The van der Waals surface area contributed by atoms with Crippen molar-refractivity contribution in [1.29, 1.82) is 0 Å². The Morgan fingerprint density at radius 1 is 1.00 bits per heavy atom. The molecule has 0 N–H and O–H groups in total. The molecule has 0 fully saturated rings. The molecule has 0 amide bonds. The molecule has 5 heteroatoms. The van der Waals surface area contributed by atoms with E-state index in [1.54, 1.807) is 18.2 Å². The third-order valence-electron chi connectivity index (χ3n) is 3.23. The lowest BCUT2D eigenvalue weighted by Crippen LogP contribution is -2.09. The number of rotatable bonds is 2. The van der Waals surface area contributed by atoms with Crippen LogP contribution < -0.4 is 0 Å². The van der Waals surface area contributed by atoms with Crippen molar-refractivity contribution in [3.05, 3.63) is 68.7 Å². The van der Waals surface area contributed by atoms with Crippen LogP contribution in [0.1, 0.15) is 32.6 Å². The van der Waals surface area contributed by atoms with E-state index in [-0.39, 0.29) is 11.3 Å². The molecular weight excluding hydrogens is 345 g/mol. The summed E-state index contributed by atoms with van der Waals surface area (Å²) in [5, 5.41) is 0. The van der Waals surface area contributed by atoms with E-state index in [1.807, 2.05) is 6.92 Å². The number of aryl methyl sites for hydroxylation is 2. The molecule has 0 radical (unpaired) electrons. The zero-order chi connectivity index (χ0) is 15.8. The summed E-state index contributed by atoms with van der Waals surface area (Å²) < 4.78 is 38.7. The average molecular weight is 357 g/mol. The molecule has 0 aliphatic carbocycles. The first kappa shape index (κ1) is 15.8. The van der Waals surface area contributed by atoms with Gasteiger partial charge in [0.05, 0.1) is 5.56 Å². The molecule has 110 valence electrons. The van der Waals surface area contributed by atoms with E-state index >= 15 is 0 Å². The molecule has 0 spiro atoms. The molecule has 0 heterocycles. The third kappa shape index (κ3) is 3.35. The fourth-order valence-electron chi connectivity index (χ4n) is 1.98. The van der Waals surface area contributed by atoms with Gasteiger partial charge in [0.15, 0.2) is 5.78 Å². The minimum atomic E-state index is -4.40. The van der Waals surface area contributed by atoms with Gasteiger partial charge in [0.25, 0.3) is 0 Å². The van der Waals surface area contributed by atoms with Gasteiger partial charge in [0.1, 0.15) is 0 Å². The number of halogens is 4. The van der Waals surface area contributed by atoms with Crippen LogP contribution in [0.3, 0.4) is 0 Å². The molecule has 0 bridgehead atoms. The highest BCUT2D eigenvalue weighted by atomic mass is 79.9. The van der Waals surface area contributed by atoms with Crippen LogP contribution in [-0.4, -0.2) is 5.78 Å². The Morgan fingerprint density at radius 3 is 2.19 bits per heavy atom. The molecule has 0 aromatic heterocycles. The summed E-state index contributed by atoms with van der Waals surface area (Å²) in [6, 6.07) is 8.29. The Labute approximate surface area is 128 Å². The lowest BCUT2D eigenvalue weighted by Gasteiger charge is -2.11. The van der Waals surface area contributed by atoms with Crippen LogP contribution in [0.15, 0.2) is 40.9 Å². The van der Waals surface area contributed by atoms with Crippen LogP contribution in [0.25, 0.3) is 0 Å². The van der Waals surface area contributed by atoms with E-state index in [1.165, 1.54) is 13.0 Å². The van der Waals surface area contributed by atoms with Crippen molar-refractivity contribution in [2.24, 2.45) is 0 Å². The summed E-state index contributed by atoms with van der Waals surface area (Å²) in [6.45, 7) is 3.40. The Balaban J connectivity index is 2.42. The van der Waals surface area contributed by atoms with Gasteiger partial charge in [-0.25, -0.2) is 0 Å². The third-order valence-corrected chi connectivity index (χ3v) is 4.09. The van der Waals surface area contributed by atoms with Crippen LogP contribution in [-0.2, 0) is 6.18 Å². The average Bonchev–Trinajstić information content (AvgIpc) is 2.40. The number of ketones is 1. The molecule has 2 aromatic carbocycles. The van der Waals surface area contributed by atoms with E-state index in [9.17, 15) is 18.0 Å². The van der Waals surface area contributed by atoms with Crippen molar-refractivity contribution in [2.45, 2.75) is 20.0 Å². The van der Waals surface area contributed by atoms with Crippen LogP contribution in [0.2, 0.25) is 0 Å². The van der Waals surface area contributed by atoms with Crippen LogP contribution in [0.5, 0.6) is 0 Å². The second kappa shape index (κ2) is 5.64. The number of carbonyl (C=O) groups excluding carboxylic acids is 1. The van der Waals surface area contributed by atoms with Crippen LogP contribution in [0, 0.1) is 13.8 Å². The maximum absolute atomic E-state index is 12.6. The highest BCUT2D eigenvalue weighted by Crippen LogP contribution is 2.31. The van der Waals surface area contributed by atoms with E-state index < -0.39 is 11.7 Å². The van der Waals surface area contributed by atoms with Gasteiger partial charge in [-0.1, -0.05) is 34.1 Å². The zero-order valence-electron chi connectivity index (χ0n) is 11.4. The van der Waals surface area contributed by atoms with Crippen molar-refractivity contribution in [3.8, 4) is 0 Å². The first-order valence-electron chi connectivity index (χ1n) is 6.19. The minimum absolute atomic E-state index is 0.277. The topological polar surface area (TPSA) is 17.1 Å². The van der Waals surface area contributed by atoms with Gasteiger partial charge in [0, 0.05) is 15.6 Å². The zero-order valence-corrected chi connectivity index (χ0v) is 13.0. The molecule has 0 saturated carbocycles. The maximum Gasteiger partial charge on any atom is 0.416 e. The number of benzene rings is 2. The second-order valence-corrected chi connectivity index (χ2v) is 5.67. The van der Waals surface area contributed by atoms with Crippen molar-refractivity contribution in [1.82, 2.24) is 0 Å². The first-order valence-corrected chi connectivity index (χ1v) is 6.98. The first-order chi connectivity index (χ1) is 9.70. The normalized spacial score (nSPS) is 11.5. The lowest BCUT2D eigenvalue weighted by atomic mass is 9.97. The molecule has 0 unspecified atom stereocenters. The quantitative estimate of drug-likeness (QED) is 0.666. The highest BCUT2D eigenvalue weighted by Gasteiger charge is 2.31. The number of hydrogen-bond acceptors (Lipinski definition) is 1. The second-order valence-electron chi connectivity index (χ2n) is 4.82. The smallest absolute Gasteiger partial charge is 0.289 e. The lowest BCUT2D eigenvalue weighted by molar-refractivity contribution is -0.137. The maximum atomic E-state index is 12.6. The molecule has 21 heavy (non-hydrogen) atoms. The molecule has 0 saturated heterocycles. The number of carbonyl (C=O) groups is 1. The van der Waals surface area contributed by atoms with Crippen molar-refractivity contribution >= 4 is 21.7 Å². The molecule has 2 rings (SSSR count). The number of hydrogen-bond donors (Lipinski definition) is 0. The van der Waals surface area contributed by atoms with Crippen molar-refractivity contribution in [2.75, 3.05) is 0 Å². The highest BCUT2D eigenvalue weighted by molar-refractivity contribution is 9.10. The summed E-state index contributed by atoms with van der Waals surface area (Å²) in [7, 11) is 0. The molecule has 2 aromatic rings. The molecule has 0 aliphatic rings. The summed E-state index contributed by atoms with van der Waals surface area (Å²) in [4.78, 5) is 12.4. The fraction of sp³-hybridized carbons (Fsp3) is 0.188. The SMILES string of the molecule is Cc1ccc(C(=O)c2ccc(C(F)(F)F)cc2C)cc1Br. The molecule has 0 aliphatic heterocycles. The molecule has 1 nitrogen and oxygen atoms in total. The van der Waals surface area contributed by atoms with Gasteiger partial charge in [-0.2, -0.15) is 13.2 Å². The Morgan fingerprint density at radius 2 is 1.67 bits per heavy atom. The largest absolute Gasteiger partial charge is 0.416 e. The van der Waals surface area contributed by atoms with Gasteiger partial charge >= 0.3 is 6.18 Å². The standard InChI is InChI=1S/C16H12BrF3O/c1-9-3-4-11(8-14(9)17)15(21)13-6-5-12(7-10(13)2)16(18,19)20/h3-8H,1-2H3. The van der Waals surface area contributed by atoms with Gasteiger partial charge < -0.3 is 0 Å². The molecule has 0 atom stereocenters. The summed E-state index contributed by atoms with van der Waals surface area (Å²) in [5.74, 6) is -0.290. The van der Waals surface area contributed by atoms with Gasteiger partial charge in [-0.15, -0.1) is 0 Å². The fourth-order valence-corrected chi connectivity index (χ4v) is 2.36.